The van der Waals surface area contributed by atoms with Crippen LogP contribution in [0.25, 0.3) is 0 Å². The number of nitrogens with zero attached hydrogens (tertiary/aromatic N) is 1. The van der Waals surface area contributed by atoms with E-state index in [0.29, 0.717) is 0 Å². The summed E-state index contributed by atoms with van der Waals surface area (Å²) in [4.78, 5) is 0. The monoisotopic (exact) mass is 224 g/mol. The van der Waals surface area contributed by atoms with E-state index < -0.39 is 0 Å². The molecule has 1 heteroatoms. The van der Waals surface area contributed by atoms with Crippen LogP contribution in [0.4, 0.5) is 0 Å². The number of hydrogen-bond donors (Lipinski definition) is 0. The molecule has 86 valence electrons. The van der Waals surface area contributed by atoms with E-state index in [1.54, 1.807) is 0 Å². The molecule has 0 N–H and O–H groups in total. The molecule has 17 heavy (non-hydrogen) atoms. The van der Waals surface area contributed by atoms with Crippen LogP contribution in [0.3, 0.4) is 0 Å². The first-order valence-corrected chi connectivity index (χ1v) is 6.39. The van der Waals surface area contributed by atoms with Crippen molar-refractivity contribution in [3.63, 3.8) is 0 Å². The Kier molecular flexibility index (Phi) is 2.53. The zero-order chi connectivity index (χ0) is 11.7. The minimum absolute atomic E-state index is 0.728. The predicted molar refractivity (Wildman–Crippen MR) is 70.0 cm³/mol. The van der Waals surface area contributed by atoms with Gasteiger partial charge in [-0.05, 0) is 12.1 Å². The third-order valence-corrected chi connectivity index (χ3v) is 3.99. The highest BCUT2D eigenvalue weighted by Gasteiger charge is 2.36. The molecule has 0 radical (unpaired) electrons. The molecule has 4 rings (SSSR count). The Morgan fingerprint density at radius 3 is 2.41 bits per heavy atom. The van der Waals surface area contributed by atoms with Crippen molar-refractivity contribution in [2.24, 2.45) is 5.92 Å². The fraction of sp³-hybridized carbons (Fsp3) is 0.375. The lowest BCUT2D eigenvalue weighted by Crippen LogP contribution is -2.49. The minimum Gasteiger partial charge on any atom is -0.299 e. The van der Waals surface area contributed by atoms with Gasteiger partial charge in [-0.3, -0.25) is 4.48 Å². The van der Waals surface area contributed by atoms with Crippen LogP contribution in [0.1, 0.15) is 18.4 Å². The highest BCUT2D eigenvalue weighted by atomic mass is 15.3. The third-order valence-electron chi connectivity index (χ3n) is 3.99. The number of hydrogen-bond acceptors (Lipinski definition) is 0. The molecule has 0 unspecified atom stereocenters. The fourth-order valence-corrected chi connectivity index (χ4v) is 2.84. The van der Waals surface area contributed by atoms with Crippen LogP contribution >= 0.6 is 0 Å². The summed E-state index contributed by atoms with van der Waals surface area (Å²) in [6.45, 7) is 2.59. The van der Waals surface area contributed by atoms with Crippen LogP contribution in [0.2, 0.25) is 0 Å². The first kappa shape index (κ1) is 10.6. The lowest BCUT2D eigenvalue weighted by molar-refractivity contribution is -0.870. The summed E-state index contributed by atoms with van der Waals surface area (Å²) in [7, 11) is 2.32. The van der Waals surface area contributed by atoms with Crippen molar-refractivity contribution in [3.8, 4) is 11.8 Å². The maximum atomic E-state index is 3.39. The molecule has 1 fully saturated rings. The van der Waals surface area contributed by atoms with E-state index in [1.807, 2.05) is 18.2 Å². The molecule has 0 aliphatic carbocycles. The van der Waals surface area contributed by atoms with Gasteiger partial charge in [-0.2, -0.15) is 0 Å². The van der Waals surface area contributed by atoms with Crippen LogP contribution in [0.5, 0.6) is 0 Å². The largest absolute Gasteiger partial charge is 0.299 e. The van der Waals surface area contributed by atoms with E-state index in [0.717, 1.165) is 16.0 Å². The highest BCUT2D eigenvalue weighted by molar-refractivity contribution is 5.41. The van der Waals surface area contributed by atoms with Crippen molar-refractivity contribution in [1.29, 1.82) is 0 Å². The summed E-state index contributed by atoms with van der Waals surface area (Å²) in [5.74, 6) is 7.41. The van der Waals surface area contributed by atoms with Gasteiger partial charge in [0.2, 0.25) is 0 Å². The highest BCUT2D eigenvalue weighted by Crippen LogP contribution is 2.34. The van der Waals surface area contributed by atoms with E-state index in [2.05, 4.69) is 37.2 Å². The van der Waals surface area contributed by atoms with Gasteiger partial charge in [-0.25, -0.2) is 0 Å². The van der Waals surface area contributed by atoms with Crippen LogP contribution in [-0.4, -0.2) is 24.6 Å². The molecule has 3 aliphatic rings. The van der Waals surface area contributed by atoms with Gasteiger partial charge in [0.1, 0.15) is 6.20 Å². The number of rotatable bonds is 0. The summed E-state index contributed by atoms with van der Waals surface area (Å²) in [6.07, 6.45) is 5.01. The van der Waals surface area contributed by atoms with Gasteiger partial charge in [-0.15, -0.1) is 0 Å². The number of fused-ring (bicyclic) bond motifs is 2. The molecule has 0 aromatic heterocycles. The zero-order valence-electron chi connectivity index (χ0n) is 10.3. The molecule has 1 aromatic carbocycles. The topological polar surface area (TPSA) is 0 Å². The Morgan fingerprint density at radius 2 is 1.76 bits per heavy atom. The van der Waals surface area contributed by atoms with Crippen LogP contribution in [0.15, 0.2) is 42.1 Å². The average Bonchev–Trinajstić information content (AvgIpc) is 2.38. The normalized spacial score (nSPS) is 30.4. The van der Waals surface area contributed by atoms with E-state index in [9.17, 15) is 0 Å². The molecule has 1 saturated heterocycles. The van der Waals surface area contributed by atoms with Crippen molar-refractivity contribution in [1.82, 2.24) is 0 Å². The first-order valence-electron chi connectivity index (χ1n) is 6.39. The molecule has 0 amide bonds. The summed E-state index contributed by atoms with van der Waals surface area (Å²) in [5, 5.41) is 0. The maximum Gasteiger partial charge on any atom is 0.108 e. The Bertz CT molecular complexity index is 493. The van der Waals surface area contributed by atoms with E-state index >= 15 is 0 Å². The van der Waals surface area contributed by atoms with Gasteiger partial charge >= 0.3 is 0 Å². The quantitative estimate of drug-likeness (QED) is 0.469. The standard InChI is InChI=1S/C16H18N/c1-17-11-9-15(10-12-17)16(13-17)8-7-14-5-3-2-4-6-14/h2-6,13,15H,9-12H2,1H3/q+1. The second-order valence-electron chi connectivity index (χ2n) is 5.40. The molecule has 2 bridgehead atoms. The van der Waals surface area contributed by atoms with E-state index in [1.165, 1.54) is 31.5 Å². The second-order valence-corrected chi connectivity index (χ2v) is 5.40. The van der Waals surface area contributed by atoms with Crippen molar-refractivity contribution in [2.45, 2.75) is 12.8 Å². The molecule has 3 heterocycles. The van der Waals surface area contributed by atoms with Gasteiger partial charge in [0.15, 0.2) is 0 Å². The van der Waals surface area contributed by atoms with Gasteiger partial charge in [0.05, 0.1) is 25.7 Å². The molecular weight excluding hydrogens is 206 g/mol. The number of allylic oxidation sites excluding steroid dienone is 1. The first-order chi connectivity index (χ1) is 8.25. The van der Waals surface area contributed by atoms with Crippen LogP contribution in [0, 0.1) is 17.8 Å². The molecule has 0 saturated carbocycles. The van der Waals surface area contributed by atoms with Gasteiger partial charge in [-0.1, -0.05) is 30.0 Å². The number of quaternary nitrogens is 1. The minimum atomic E-state index is 0.728. The van der Waals surface area contributed by atoms with Crippen molar-refractivity contribution < 1.29 is 4.48 Å². The second kappa shape index (κ2) is 4.05. The summed E-state index contributed by atoms with van der Waals surface area (Å²) < 4.78 is 1.09. The number of benzene rings is 1. The molecule has 3 aliphatic heterocycles. The fourth-order valence-electron chi connectivity index (χ4n) is 2.84. The molecule has 1 aromatic rings. The Labute approximate surface area is 103 Å². The average molecular weight is 224 g/mol. The molecule has 1 nitrogen and oxygen atoms in total. The Balaban J connectivity index is 1.88. The maximum absolute atomic E-state index is 3.39. The zero-order valence-corrected chi connectivity index (χ0v) is 10.3. The van der Waals surface area contributed by atoms with Crippen LogP contribution < -0.4 is 0 Å². The van der Waals surface area contributed by atoms with E-state index in [-0.39, 0.29) is 0 Å². The molecular formula is C16H18N+. The Hall–Kier alpha value is -1.52. The smallest absolute Gasteiger partial charge is 0.108 e. The van der Waals surface area contributed by atoms with Gasteiger partial charge < -0.3 is 0 Å². The van der Waals surface area contributed by atoms with Crippen molar-refractivity contribution in [3.05, 3.63) is 47.7 Å². The number of piperidine rings is 1. The summed E-state index contributed by atoms with van der Waals surface area (Å²) >= 11 is 0. The summed E-state index contributed by atoms with van der Waals surface area (Å²) in [6, 6.07) is 10.3. The predicted octanol–water partition coefficient (Wildman–Crippen LogP) is 2.79. The van der Waals surface area contributed by atoms with E-state index in [4.69, 9.17) is 0 Å². The van der Waals surface area contributed by atoms with Crippen LogP contribution in [-0.2, 0) is 0 Å². The van der Waals surface area contributed by atoms with Crippen molar-refractivity contribution >= 4 is 0 Å². The lowest BCUT2D eigenvalue weighted by atomic mass is 9.84. The van der Waals surface area contributed by atoms with Gasteiger partial charge in [0, 0.05) is 24.3 Å². The summed E-state index contributed by atoms with van der Waals surface area (Å²) in [5.41, 5.74) is 2.49. The Morgan fingerprint density at radius 1 is 1.06 bits per heavy atom. The third kappa shape index (κ3) is 2.14. The molecule has 0 spiro atoms. The SMILES string of the molecule is C[N+]12C=C(C#Cc3ccccc3)C(CC1)CC2. The van der Waals surface area contributed by atoms with Crippen molar-refractivity contribution in [2.75, 3.05) is 20.1 Å². The lowest BCUT2D eigenvalue weighted by Gasteiger charge is -2.42. The molecule has 0 atom stereocenters. The van der Waals surface area contributed by atoms with Gasteiger partial charge in [0.25, 0.3) is 0 Å².